The normalized spacial score (nSPS) is 20.7. The first-order chi connectivity index (χ1) is 7.67. The van der Waals surface area contributed by atoms with Crippen molar-refractivity contribution in [1.29, 1.82) is 0 Å². The van der Waals surface area contributed by atoms with Crippen molar-refractivity contribution in [3.63, 3.8) is 0 Å². The third-order valence-corrected chi connectivity index (χ3v) is 3.51. The Morgan fingerprint density at radius 2 is 2.00 bits per heavy atom. The number of ether oxygens (including phenoxy) is 1. The highest BCUT2D eigenvalue weighted by Crippen LogP contribution is 2.20. The molecule has 3 heteroatoms. The molecule has 0 amide bonds. The fourth-order valence-corrected chi connectivity index (χ4v) is 2.34. The van der Waals surface area contributed by atoms with Gasteiger partial charge in [-0.25, -0.2) is 0 Å². The van der Waals surface area contributed by atoms with Gasteiger partial charge in [-0.1, -0.05) is 13.8 Å². The Morgan fingerprint density at radius 3 is 2.50 bits per heavy atom. The predicted molar refractivity (Wildman–Crippen MR) is 65.3 cm³/mol. The van der Waals surface area contributed by atoms with Crippen LogP contribution in [0.4, 0.5) is 0 Å². The number of esters is 1. The second kappa shape index (κ2) is 6.89. The van der Waals surface area contributed by atoms with Crippen molar-refractivity contribution in [2.75, 3.05) is 19.7 Å². The SMILES string of the molecule is CCOC(=O)CC(CC)N1CCC(C)CC1. The average Bonchev–Trinajstić information content (AvgIpc) is 2.27. The Morgan fingerprint density at radius 1 is 1.38 bits per heavy atom. The van der Waals surface area contributed by atoms with Crippen molar-refractivity contribution < 1.29 is 9.53 Å². The van der Waals surface area contributed by atoms with Gasteiger partial charge in [0, 0.05) is 6.04 Å². The van der Waals surface area contributed by atoms with Gasteiger partial charge in [-0.15, -0.1) is 0 Å². The summed E-state index contributed by atoms with van der Waals surface area (Å²) in [6.45, 7) is 9.09. The van der Waals surface area contributed by atoms with Gasteiger partial charge in [-0.2, -0.15) is 0 Å². The molecule has 16 heavy (non-hydrogen) atoms. The van der Waals surface area contributed by atoms with Crippen molar-refractivity contribution in [1.82, 2.24) is 4.90 Å². The maximum atomic E-state index is 11.5. The van der Waals surface area contributed by atoms with Crippen LogP contribution in [0, 0.1) is 5.92 Å². The molecular formula is C13H25NO2. The zero-order chi connectivity index (χ0) is 12.0. The molecule has 0 aromatic rings. The molecule has 1 aliphatic heterocycles. The lowest BCUT2D eigenvalue weighted by Gasteiger charge is -2.35. The molecule has 3 nitrogen and oxygen atoms in total. The molecule has 0 saturated carbocycles. The molecule has 0 spiro atoms. The van der Waals surface area contributed by atoms with Gasteiger partial charge in [0.1, 0.15) is 0 Å². The van der Waals surface area contributed by atoms with Gasteiger partial charge in [-0.05, 0) is 45.2 Å². The van der Waals surface area contributed by atoms with E-state index in [1.165, 1.54) is 12.8 Å². The summed E-state index contributed by atoms with van der Waals surface area (Å²) in [4.78, 5) is 13.9. The fourth-order valence-electron chi connectivity index (χ4n) is 2.34. The Balaban J connectivity index is 2.38. The van der Waals surface area contributed by atoms with E-state index in [0.29, 0.717) is 19.1 Å². The van der Waals surface area contributed by atoms with Crippen LogP contribution in [0.25, 0.3) is 0 Å². The monoisotopic (exact) mass is 227 g/mol. The smallest absolute Gasteiger partial charge is 0.307 e. The number of likely N-dealkylation sites (tertiary alicyclic amines) is 1. The Hall–Kier alpha value is -0.570. The molecule has 1 saturated heterocycles. The third kappa shape index (κ3) is 4.12. The van der Waals surface area contributed by atoms with E-state index < -0.39 is 0 Å². The standard InChI is InChI=1S/C13H25NO2/c1-4-12(10-13(15)16-5-2)14-8-6-11(3)7-9-14/h11-12H,4-10H2,1-3H3. The molecule has 94 valence electrons. The molecule has 1 heterocycles. The molecule has 1 unspecified atom stereocenters. The number of nitrogens with zero attached hydrogens (tertiary/aromatic N) is 1. The summed E-state index contributed by atoms with van der Waals surface area (Å²) in [6.07, 6.45) is 4.12. The highest BCUT2D eigenvalue weighted by atomic mass is 16.5. The van der Waals surface area contributed by atoms with E-state index in [-0.39, 0.29) is 5.97 Å². The summed E-state index contributed by atoms with van der Waals surface area (Å²) in [6, 6.07) is 0.381. The van der Waals surface area contributed by atoms with Crippen molar-refractivity contribution >= 4 is 5.97 Å². The average molecular weight is 227 g/mol. The second-order valence-electron chi connectivity index (χ2n) is 4.79. The van der Waals surface area contributed by atoms with Crippen LogP contribution in [0.3, 0.4) is 0 Å². The van der Waals surface area contributed by atoms with Gasteiger partial charge in [0.15, 0.2) is 0 Å². The number of hydrogen-bond donors (Lipinski definition) is 0. The van der Waals surface area contributed by atoms with Crippen LogP contribution in [0.1, 0.15) is 46.5 Å². The number of carbonyl (C=O) groups excluding carboxylic acids is 1. The zero-order valence-corrected chi connectivity index (χ0v) is 10.9. The lowest BCUT2D eigenvalue weighted by molar-refractivity contribution is -0.144. The van der Waals surface area contributed by atoms with E-state index in [1.54, 1.807) is 0 Å². The topological polar surface area (TPSA) is 29.5 Å². The minimum absolute atomic E-state index is 0.0482. The van der Waals surface area contributed by atoms with E-state index in [0.717, 1.165) is 25.4 Å². The summed E-state index contributed by atoms with van der Waals surface area (Å²) in [5.74, 6) is 0.796. The van der Waals surface area contributed by atoms with Crippen LogP contribution in [0.15, 0.2) is 0 Å². The molecule has 0 aliphatic carbocycles. The van der Waals surface area contributed by atoms with E-state index >= 15 is 0 Å². The quantitative estimate of drug-likeness (QED) is 0.676. The predicted octanol–water partition coefficient (Wildman–Crippen LogP) is 2.45. The van der Waals surface area contributed by atoms with E-state index in [2.05, 4.69) is 18.7 Å². The molecule has 0 aromatic carbocycles. The molecule has 0 aromatic heterocycles. The molecule has 1 fully saturated rings. The lowest BCUT2D eigenvalue weighted by Crippen LogP contribution is -2.42. The zero-order valence-electron chi connectivity index (χ0n) is 10.9. The maximum absolute atomic E-state index is 11.5. The van der Waals surface area contributed by atoms with Gasteiger partial charge in [-0.3, -0.25) is 9.69 Å². The number of hydrogen-bond acceptors (Lipinski definition) is 3. The van der Waals surface area contributed by atoms with Gasteiger partial charge < -0.3 is 4.74 Å². The van der Waals surface area contributed by atoms with Crippen LogP contribution in [0.5, 0.6) is 0 Å². The van der Waals surface area contributed by atoms with Crippen molar-refractivity contribution in [3.05, 3.63) is 0 Å². The Labute approximate surface area is 99.1 Å². The van der Waals surface area contributed by atoms with Crippen LogP contribution in [-0.2, 0) is 9.53 Å². The van der Waals surface area contributed by atoms with Crippen molar-refractivity contribution in [3.8, 4) is 0 Å². The molecule has 1 aliphatic rings. The highest BCUT2D eigenvalue weighted by molar-refractivity contribution is 5.70. The van der Waals surface area contributed by atoms with Gasteiger partial charge in [0.25, 0.3) is 0 Å². The van der Waals surface area contributed by atoms with Gasteiger partial charge >= 0.3 is 5.97 Å². The van der Waals surface area contributed by atoms with Crippen LogP contribution < -0.4 is 0 Å². The minimum Gasteiger partial charge on any atom is -0.466 e. The third-order valence-electron chi connectivity index (χ3n) is 3.51. The highest BCUT2D eigenvalue weighted by Gasteiger charge is 2.24. The minimum atomic E-state index is -0.0482. The molecule has 1 rings (SSSR count). The summed E-state index contributed by atoms with van der Waals surface area (Å²) in [5, 5.41) is 0. The fraction of sp³-hybridized carbons (Fsp3) is 0.923. The molecule has 0 bridgehead atoms. The first-order valence-electron chi connectivity index (χ1n) is 6.57. The number of carbonyl (C=O) groups is 1. The molecule has 1 atom stereocenters. The summed E-state index contributed by atoms with van der Waals surface area (Å²) < 4.78 is 5.02. The summed E-state index contributed by atoms with van der Waals surface area (Å²) >= 11 is 0. The first kappa shape index (κ1) is 13.5. The second-order valence-corrected chi connectivity index (χ2v) is 4.79. The summed E-state index contributed by atoms with van der Waals surface area (Å²) in [5.41, 5.74) is 0. The Bertz CT molecular complexity index is 210. The van der Waals surface area contributed by atoms with Gasteiger partial charge in [0.05, 0.1) is 13.0 Å². The van der Waals surface area contributed by atoms with Crippen LogP contribution in [-0.4, -0.2) is 36.6 Å². The number of piperidine rings is 1. The Kier molecular flexibility index (Phi) is 5.81. The molecular weight excluding hydrogens is 202 g/mol. The maximum Gasteiger partial charge on any atom is 0.307 e. The van der Waals surface area contributed by atoms with Crippen molar-refractivity contribution in [2.24, 2.45) is 5.92 Å². The van der Waals surface area contributed by atoms with Crippen LogP contribution in [0.2, 0.25) is 0 Å². The van der Waals surface area contributed by atoms with Crippen molar-refractivity contribution in [2.45, 2.75) is 52.5 Å². The largest absolute Gasteiger partial charge is 0.466 e. The van der Waals surface area contributed by atoms with E-state index in [9.17, 15) is 4.79 Å². The van der Waals surface area contributed by atoms with E-state index in [4.69, 9.17) is 4.74 Å². The first-order valence-corrected chi connectivity index (χ1v) is 6.57. The van der Waals surface area contributed by atoms with E-state index in [1.807, 2.05) is 6.92 Å². The molecule has 0 N–H and O–H groups in total. The summed E-state index contributed by atoms with van der Waals surface area (Å²) in [7, 11) is 0. The lowest BCUT2D eigenvalue weighted by atomic mass is 9.96. The number of rotatable bonds is 5. The molecule has 0 radical (unpaired) electrons. The van der Waals surface area contributed by atoms with Gasteiger partial charge in [0.2, 0.25) is 0 Å². The van der Waals surface area contributed by atoms with Crippen LogP contribution >= 0.6 is 0 Å².